The van der Waals surface area contributed by atoms with Crippen molar-refractivity contribution < 1.29 is 14.4 Å². The second-order valence-corrected chi connectivity index (χ2v) is 6.70. The number of likely N-dealkylation sites (N-methyl/N-ethyl adjacent to an activating group) is 1. The summed E-state index contributed by atoms with van der Waals surface area (Å²) in [6.45, 7) is 4.44. The number of anilines is 1. The number of benzene rings is 1. The molecule has 0 saturated carbocycles. The predicted molar refractivity (Wildman–Crippen MR) is 91.6 cm³/mol. The van der Waals surface area contributed by atoms with Crippen LogP contribution in [0.2, 0.25) is 0 Å². The summed E-state index contributed by atoms with van der Waals surface area (Å²) in [7, 11) is 1.57. The Balaban J connectivity index is 1.87. The van der Waals surface area contributed by atoms with Gasteiger partial charge in [-0.2, -0.15) is 0 Å². The molecule has 0 bridgehead atoms. The van der Waals surface area contributed by atoms with E-state index in [0.717, 1.165) is 16.8 Å². The first-order chi connectivity index (χ1) is 10.9. The Hall–Kier alpha value is -2.02. The number of thioether (sulfide) groups is 1. The minimum absolute atomic E-state index is 0.0269. The van der Waals surface area contributed by atoms with Crippen LogP contribution in [0.15, 0.2) is 18.2 Å². The van der Waals surface area contributed by atoms with Gasteiger partial charge in [0.05, 0.1) is 6.54 Å². The highest BCUT2D eigenvalue weighted by molar-refractivity contribution is 8.13. The molecule has 1 aliphatic heterocycles. The number of carbonyl (C=O) groups is 3. The summed E-state index contributed by atoms with van der Waals surface area (Å²) in [5.41, 5.74) is 2.78. The molecule has 0 aliphatic carbocycles. The van der Waals surface area contributed by atoms with E-state index < -0.39 is 0 Å². The second kappa shape index (κ2) is 7.50. The van der Waals surface area contributed by atoms with Crippen molar-refractivity contribution in [1.82, 2.24) is 9.80 Å². The molecule has 0 spiro atoms. The number of hydrogen-bond acceptors (Lipinski definition) is 4. The summed E-state index contributed by atoms with van der Waals surface area (Å²) >= 11 is 1.21. The lowest BCUT2D eigenvalue weighted by Crippen LogP contribution is -2.41. The van der Waals surface area contributed by atoms with Crippen LogP contribution in [0.1, 0.15) is 11.1 Å². The van der Waals surface area contributed by atoms with Crippen LogP contribution in [-0.4, -0.2) is 59.3 Å². The second-order valence-electron chi connectivity index (χ2n) is 5.65. The molecule has 0 unspecified atom stereocenters. The normalized spacial score (nSPS) is 14.0. The molecule has 1 fully saturated rings. The van der Waals surface area contributed by atoms with Gasteiger partial charge in [0.1, 0.15) is 6.54 Å². The molecule has 0 atom stereocenters. The zero-order valence-corrected chi connectivity index (χ0v) is 14.4. The number of amides is 3. The van der Waals surface area contributed by atoms with Crippen LogP contribution in [0, 0.1) is 13.8 Å². The molecule has 1 saturated heterocycles. The summed E-state index contributed by atoms with van der Waals surface area (Å²) in [5, 5.41) is 2.74. The topological polar surface area (TPSA) is 69.7 Å². The van der Waals surface area contributed by atoms with Gasteiger partial charge in [-0.15, -0.1) is 0 Å². The summed E-state index contributed by atoms with van der Waals surface area (Å²) < 4.78 is 0. The maximum Gasteiger partial charge on any atom is 0.282 e. The molecule has 1 aromatic carbocycles. The van der Waals surface area contributed by atoms with Gasteiger partial charge in [-0.3, -0.25) is 14.4 Å². The van der Waals surface area contributed by atoms with Crippen molar-refractivity contribution in [3.05, 3.63) is 29.3 Å². The highest BCUT2D eigenvalue weighted by Crippen LogP contribution is 2.17. The van der Waals surface area contributed by atoms with Crippen LogP contribution in [0.3, 0.4) is 0 Å². The molecule has 1 aliphatic rings. The average Bonchev–Trinajstić information content (AvgIpc) is 2.88. The quantitative estimate of drug-likeness (QED) is 0.892. The molecule has 2 rings (SSSR count). The molecule has 7 heteroatoms. The Labute approximate surface area is 140 Å². The first-order valence-electron chi connectivity index (χ1n) is 7.39. The molecule has 1 aromatic rings. The van der Waals surface area contributed by atoms with E-state index in [2.05, 4.69) is 5.32 Å². The highest BCUT2D eigenvalue weighted by Gasteiger charge is 2.25. The lowest BCUT2D eigenvalue weighted by atomic mass is 10.1. The molecule has 0 radical (unpaired) electrons. The molecule has 124 valence electrons. The minimum Gasteiger partial charge on any atom is -0.335 e. The van der Waals surface area contributed by atoms with E-state index in [1.807, 2.05) is 32.0 Å². The third kappa shape index (κ3) is 4.72. The average molecular weight is 335 g/mol. The Kier molecular flexibility index (Phi) is 5.65. The summed E-state index contributed by atoms with van der Waals surface area (Å²) in [6, 6.07) is 5.82. The van der Waals surface area contributed by atoms with Gasteiger partial charge in [0.2, 0.25) is 11.8 Å². The molecular formula is C16H21N3O3S. The molecule has 3 amide bonds. The zero-order valence-electron chi connectivity index (χ0n) is 13.6. The van der Waals surface area contributed by atoms with E-state index in [1.54, 1.807) is 7.05 Å². The van der Waals surface area contributed by atoms with Crippen molar-refractivity contribution in [3.63, 3.8) is 0 Å². The maximum absolute atomic E-state index is 12.1. The van der Waals surface area contributed by atoms with E-state index in [9.17, 15) is 14.4 Å². The van der Waals surface area contributed by atoms with Crippen LogP contribution >= 0.6 is 11.8 Å². The Morgan fingerprint density at radius 3 is 2.74 bits per heavy atom. The maximum atomic E-state index is 12.1. The van der Waals surface area contributed by atoms with Crippen molar-refractivity contribution >= 4 is 34.5 Å². The predicted octanol–water partition coefficient (Wildman–Crippen LogP) is 1.87. The van der Waals surface area contributed by atoms with Gasteiger partial charge in [-0.05, 0) is 31.0 Å². The van der Waals surface area contributed by atoms with Gasteiger partial charge in [-0.1, -0.05) is 23.9 Å². The lowest BCUT2D eigenvalue weighted by Gasteiger charge is -2.21. The van der Waals surface area contributed by atoms with Crippen molar-refractivity contribution in [2.45, 2.75) is 13.8 Å². The first-order valence-corrected chi connectivity index (χ1v) is 8.38. The van der Waals surface area contributed by atoms with E-state index in [-0.39, 0.29) is 30.1 Å². The van der Waals surface area contributed by atoms with Crippen molar-refractivity contribution in [2.75, 3.05) is 37.8 Å². The number of nitrogens with zero attached hydrogens (tertiary/aromatic N) is 2. The first kappa shape index (κ1) is 17.3. The summed E-state index contributed by atoms with van der Waals surface area (Å²) in [4.78, 5) is 38.6. The third-order valence-electron chi connectivity index (χ3n) is 3.64. The molecule has 1 heterocycles. The fourth-order valence-corrected chi connectivity index (χ4v) is 3.04. The van der Waals surface area contributed by atoms with Crippen LogP contribution in [0.5, 0.6) is 0 Å². The summed E-state index contributed by atoms with van der Waals surface area (Å²) in [5.74, 6) is 0.219. The molecule has 23 heavy (non-hydrogen) atoms. The molecule has 1 N–H and O–H groups in total. The number of rotatable bonds is 5. The highest BCUT2D eigenvalue weighted by atomic mass is 32.2. The van der Waals surface area contributed by atoms with Crippen molar-refractivity contribution in [2.24, 2.45) is 0 Å². The summed E-state index contributed by atoms with van der Waals surface area (Å²) in [6.07, 6.45) is 0. The van der Waals surface area contributed by atoms with Crippen LogP contribution < -0.4 is 5.32 Å². The van der Waals surface area contributed by atoms with Gasteiger partial charge in [0, 0.05) is 25.0 Å². The van der Waals surface area contributed by atoms with Crippen LogP contribution in [0.25, 0.3) is 0 Å². The van der Waals surface area contributed by atoms with E-state index in [0.29, 0.717) is 12.3 Å². The van der Waals surface area contributed by atoms with Crippen LogP contribution in [0.4, 0.5) is 10.5 Å². The van der Waals surface area contributed by atoms with Gasteiger partial charge in [0.15, 0.2) is 0 Å². The van der Waals surface area contributed by atoms with Crippen molar-refractivity contribution in [3.8, 4) is 0 Å². The molecule has 0 aromatic heterocycles. The fraction of sp³-hybridized carbons (Fsp3) is 0.438. The van der Waals surface area contributed by atoms with Gasteiger partial charge in [0.25, 0.3) is 5.24 Å². The largest absolute Gasteiger partial charge is 0.335 e. The smallest absolute Gasteiger partial charge is 0.282 e. The van der Waals surface area contributed by atoms with E-state index in [4.69, 9.17) is 0 Å². The number of hydrogen-bond donors (Lipinski definition) is 1. The molecular weight excluding hydrogens is 314 g/mol. The monoisotopic (exact) mass is 335 g/mol. The Morgan fingerprint density at radius 1 is 1.35 bits per heavy atom. The van der Waals surface area contributed by atoms with E-state index >= 15 is 0 Å². The SMILES string of the molecule is Cc1ccc(C)c(NC(=O)CN(C)C(=O)CN2CCSC2=O)c1. The Bertz CT molecular complexity index is 633. The third-order valence-corrected chi connectivity index (χ3v) is 4.54. The fourth-order valence-electron chi connectivity index (χ4n) is 2.22. The standard InChI is InChI=1S/C16H21N3O3S/c1-11-4-5-12(2)13(8-11)17-14(20)9-18(3)15(21)10-19-6-7-23-16(19)22/h4-5,8H,6-7,9-10H2,1-3H3,(H,17,20). The van der Waals surface area contributed by atoms with Crippen LogP contribution in [-0.2, 0) is 9.59 Å². The van der Waals surface area contributed by atoms with Gasteiger partial charge >= 0.3 is 0 Å². The van der Waals surface area contributed by atoms with Gasteiger partial charge < -0.3 is 15.1 Å². The number of carbonyl (C=O) groups excluding carboxylic acids is 3. The lowest BCUT2D eigenvalue weighted by molar-refractivity contribution is -0.133. The van der Waals surface area contributed by atoms with Crippen molar-refractivity contribution in [1.29, 1.82) is 0 Å². The van der Waals surface area contributed by atoms with E-state index in [1.165, 1.54) is 21.6 Å². The zero-order chi connectivity index (χ0) is 17.0. The minimum atomic E-state index is -0.253. The molecule has 6 nitrogen and oxygen atoms in total. The van der Waals surface area contributed by atoms with Gasteiger partial charge in [-0.25, -0.2) is 0 Å². The Morgan fingerprint density at radius 2 is 2.09 bits per heavy atom. The number of nitrogens with one attached hydrogen (secondary N) is 1. The number of aryl methyl sites for hydroxylation is 2.